The first kappa shape index (κ1) is 13.3. The van der Waals surface area contributed by atoms with Gasteiger partial charge in [0, 0.05) is 6.42 Å². The van der Waals surface area contributed by atoms with Crippen LogP contribution in [0.4, 0.5) is 5.69 Å². The van der Waals surface area contributed by atoms with Crippen molar-refractivity contribution in [3.05, 3.63) is 91.0 Å². The first-order chi connectivity index (χ1) is 10.4. The van der Waals surface area contributed by atoms with Gasteiger partial charge in [-0.2, -0.15) is 0 Å². The van der Waals surface area contributed by atoms with Gasteiger partial charge >= 0.3 is 0 Å². The Bertz CT molecular complexity index is 785. The van der Waals surface area contributed by atoms with Crippen LogP contribution < -0.4 is 0 Å². The number of allylic oxidation sites excluding steroid dienone is 1. The van der Waals surface area contributed by atoms with E-state index in [-0.39, 0.29) is 0 Å². The summed E-state index contributed by atoms with van der Waals surface area (Å²) in [4.78, 5) is 4.81. The van der Waals surface area contributed by atoms with Crippen molar-refractivity contribution in [1.82, 2.24) is 0 Å². The number of hydrogen-bond acceptors (Lipinski definition) is 1. The summed E-state index contributed by atoms with van der Waals surface area (Å²) in [6, 6.07) is 24.9. The van der Waals surface area contributed by atoms with Crippen LogP contribution in [0.2, 0.25) is 0 Å². The van der Waals surface area contributed by atoms with Crippen molar-refractivity contribution in [2.24, 2.45) is 4.99 Å². The van der Waals surface area contributed by atoms with Crippen molar-refractivity contribution in [2.45, 2.75) is 6.42 Å². The highest BCUT2D eigenvalue weighted by atomic mass is 14.7. The van der Waals surface area contributed by atoms with Crippen LogP contribution in [0.25, 0.3) is 10.8 Å². The zero-order valence-electron chi connectivity index (χ0n) is 11.9. The van der Waals surface area contributed by atoms with Gasteiger partial charge in [-0.25, -0.2) is 0 Å². The van der Waals surface area contributed by atoms with Crippen molar-refractivity contribution in [2.75, 3.05) is 0 Å². The predicted octanol–water partition coefficient (Wildman–Crippen LogP) is 5.54. The van der Waals surface area contributed by atoms with Crippen LogP contribution in [-0.4, -0.2) is 5.71 Å². The zero-order valence-corrected chi connectivity index (χ0v) is 11.9. The summed E-state index contributed by atoms with van der Waals surface area (Å²) in [6.45, 7) is 3.84. The lowest BCUT2D eigenvalue weighted by Crippen LogP contribution is -1.98. The van der Waals surface area contributed by atoms with E-state index < -0.39 is 0 Å². The van der Waals surface area contributed by atoms with Crippen molar-refractivity contribution in [3.8, 4) is 0 Å². The third-order valence-electron chi connectivity index (χ3n) is 3.44. The second-order valence-corrected chi connectivity index (χ2v) is 4.95. The molecule has 1 heteroatoms. The van der Waals surface area contributed by atoms with Gasteiger partial charge in [-0.05, 0) is 28.5 Å². The quantitative estimate of drug-likeness (QED) is 0.436. The second-order valence-electron chi connectivity index (χ2n) is 4.95. The number of benzene rings is 3. The first-order valence-corrected chi connectivity index (χ1v) is 7.09. The molecule has 0 radical (unpaired) electrons. The summed E-state index contributed by atoms with van der Waals surface area (Å²) < 4.78 is 0. The fraction of sp³-hybridized carbons (Fsp3) is 0.0500. The van der Waals surface area contributed by atoms with Gasteiger partial charge in [0.2, 0.25) is 0 Å². The van der Waals surface area contributed by atoms with Crippen LogP contribution in [0.5, 0.6) is 0 Å². The highest BCUT2D eigenvalue weighted by Crippen LogP contribution is 2.22. The molecule has 0 aliphatic heterocycles. The lowest BCUT2D eigenvalue weighted by molar-refractivity contribution is 1.40. The maximum absolute atomic E-state index is 4.81. The lowest BCUT2D eigenvalue weighted by Gasteiger charge is -2.05. The van der Waals surface area contributed by atoms with Crippen molar-refractivity contribution >= 4 is 22.2 Å². The molecule has 0 atom stereocenters. The molecular formula is C20H17N. The third-order valence-corrected chi connectivity index (χ3v) is 3.44. The Hall–Kier alpha value is -2.67. The lowest BCUT2D eigenvalue weighted by atomic mass is 10.1. The van der Waals surface area contributed by atoms with Gasteiger partial charge in [0.1, 0.15) is 0 Å². The predicted molar refractivity (Wildman–Crippen MR) is 91.4 cm³/mol. The molecule has 0 aliphatic carbocycles. The topological polar surface area (TPSA) is 12.4 Å². The van der Waals surface area contributed by atoms with E-state index in [4.69, 9.17) is 4.99 Å². The molecular weight excluding hydrogens is 254 g/mol. The van der Waals surface area contributed by atoms with Gasteiger partial charge in [-0.3, -0.25) is 4.99 Å². The van der Waals surface area contributed by atoms with Gasteiger partial charge in [0.25, 0.3) is 0 Å². The number of rotatable bonds is 4. The zero-order chi connectivity index (χ0) is 14.5. The van der Waals surface area contributed by atoms with E-state index >= 15 is 0 Å². The Morgan fingerprint density at radius 3 is 2.33 bits per heavy atom. The van der Waals surface area contributed by atoms with Crippen molar-refractivity contribution < 1.29 is 0 Å². The van der Waals surface area contributed by atoms with Crippen molar-refractivity contribution in [3.63, 3.8) is 0 Å². The molecule has 102 valence electrons. The summed E-state index contributed by atoms with van der Waals surface area (Å²) in [5, 5.41) is 2.45. The van der Waals surface area contributed by atoms with E-state index in [2.05, 4.69) is 61.2 Å². The Kier molecular flexibility index (Phi) is 3.92. The largest absolute Gasteiger partial charge is 0.252 e. The molecule has 0 heterocycles. The molecule has 3 aromatic carbocycles. The standard InChI is InChI=1S/C20H17N/c1-2-8-20(17-10-4-3-5-11-17)21-19-14-13-16-9-6-7-12-18(16)15-19/h2-7,9-15H,1,8H2. The Morgan fingerprint density at radius 1 is 0.857 bits per heavy atom. The van der Waals surface area contributed by atoms with E-state index in [0.717, 1.165) is 23.4 Å². The maximum atomic E-state index is 4.81. The van der Waals surface area contributed by atoms with Gasteiger partial charge < -0.3 is 0 Å². The smallest absolute Gasteiger partial charge is 0.0639 e. The summed E-state index contributed by atoms with van der Waals surface area (Å²) in [5.74, 6) is 0. The molecule has 1 nitrogen and oxygen atoms in total. The van der Waals surface area contributed by atoms with Gasteiger partial charge in [0.05, 0.1) is 11.4 Å². The molecule has 0 saturated heterocycles. The summed E-state index contributed by atoms with van der Waals surface area (Å²) in [6.07, 6.45) is 2.66. The molecule has 0 N–H and O–H groups in total. The number of fused-ring (bicyclic) bond motifs is 1. The minimum absolute atomic E-state index is 0.761. The van der Waals surface area contributed by atoms with E-state index in [0.29, 0.717) is 0 Å². The summed E-state index contributed by atoms with van der Waals surface area (Å²) in [7, 11) is 0. The van der Waals surface area contributed by atoms with Crippen molar-refractivity contribution in [1.29, 1.82) is 0 Å². The molecule has 0 aromatic heterocycles. The second kappa shape index (κ2) is 6.19. The highest BCUT2D eigenvalue weighted by Gasteiger charge is 2.02. The molecule has 0 saturated carbocycles. The van der Waals surface area contributed by atoms with E-state index in [1.165, 1.54) is 10.8 Å². The minimum atomic E-state index is 0.761. The number of hydrogen-bond donors (Lipinski definition) is 0. The molecule has 0 spiro atoms. The fourth-order valence-corrected chi connectivity index (χ4v) is 2.40. The number of aliphatic imine (C=N–C) groups is 1. The van der Waals surface area contributed by atoms with Gasteiger partial charge in [-0.15, -0.1) is 6.58 Å². The monoisotopic (exact) mass is 271 g/mol. The summed E-state index contributed by atoms with van der Waals surface area (Å²) in [5.41, 5.74) is 3.17. The molecule has 0 fully saturated rings. The van der Waals surface area contributed by atoms with E-state index in [1.807, 2.05) is 24.3 Å². The normalized spacial score (nSPS) is 11.5. The van der Waals surface area contributed by atoms with E-state index in [9.17, 15) is 0 Å². The van der Waals surface area contributed by atoms with Crippen LogP contribution in [0.3, 0.4) is 0 Å². The average Bonchev–Trinajstić information content (AvgIpc) is 2.55. The van der Waals surface area contributed by atoms with Crippen LogP contribution in [-0.2, 0) is 0 Å². The maximum Gasteiger partial charge on any atom is 0.0639 e. The van der Waals surface area contributed by atoms with Gasteiger partial charge in [0.15, 0.2) is 0 Å². The third kappa shape index (κ3) is 3.09. The number of nitrogens with zero attached hydrogens (tertiary/aromatic N) is 1. The Labute approximate surface area is 125 Å². The SMILES string of the molecule is C=CCC(=Nc1ccc2ccccc2c1)c1ccccc1. The molecule has 0 bridgehead atoms. The molecule has 3 rings (SSSR count). The molecule has 21 heavy (non-hydrogen) atoms. The molecule has 3 aromatic rings. The average molecular weight is 271 g/mol. The Balaban J connectivity index is 2.04. The highest BCUT2D eigenvalue weighted by molar-refractivity contribution is 6.03. The minimum Gasteiger partial charge on any atom is -0.252 e. The van der Waals surface area contributed by atoms with Crippen LogP contribution in [0.15, 0.2) is 90.4 Å². The van der Waals surface area contributed by atoms with Gasteiger partial charge in [-0.1, -0.05) is 66.7 Å². The molecule has 0 unspecified atom stereocenters. The summed E-state index contributed by atoms with van der Waals surface area (Å²) >= 11 is 0. The molecule has 0 amide bonds. The van der Waals surface area contributed by atoms with Crippen LogP contribution in [0.1, 0.15) is 12.0 Å². The first-order valence-electron chi connectivity index (χ1n) is 7.09. The molecule has 0 aliphatic rings. The fourth-order valence-electron chi connectivity index (χ4n) is 2.40. The van der Waals surface area contributed by atoms with E-state index in [1.54, 1.807) is 0 Å². The van der Waals surface area contributed by atoms with Crippen LogP contribution >= 0.6 is 0 Å². The van der Waals surface area contributed by atoms with Crippen LogP contribution in [0, 0.1) is 0 Å². The Morgan fingerprint density at radius 2 is 1.57 bits per heavy atom.